The Morgan fingerprint density at radius 2 is 1.66 bits per heavy atom. The maximum Gasteiger partial charge on any atom is 0.244 e. The van der Waals surface area contributed by atoms with Gasteiger partial charge < -0.3 is 9.84 Å². The number of aromatic hydroxyl groups is 1. The van der Waals surface area contributed by atoms with Crippen molar-refractivity contribution in [3.05, 3.63) is 95.6 Å². The number of carbonyl (C=O) groups excluding carboxylic acids is 1. The highest BCUT2D eigenvalue weighted by Crippen LogP contribution is 2.58. The van der Waals surface area contributed by atoms with E-state index in [1.807, 2.05) is 36.4 Å². The molecule has 1 unspecified atom stereocenters. The van der Waals surface area contributed by atoms with Crippen LogP contribution in [0, 0.1) is 5.92 Å². The second-order valence-corrected chi connectivity index (χ2v) is 7.09. The van der Waals surface area contributed by atoms with Gasteiger partial charge in [0.1, 0.15) is 0 Å². The Bertz CT molecular complexity index is 993. The molecule has 0 heterocycles. The zero-order valence-electron chi connectivity index (χ0n) is 16.1. The number of methoxy groups -OCH3 is 1. The number of hydrazone groups is 1. The molecule has 0 saturated heterocycles. The number of phenols is 1. The van der Waals surface area contributed by atoms with E-state index in [9.17, 15) is 9.90 Å². The Balaban J connectivity index is 1.54. The topological polar surface area (TPSA) is 70.9 Å². The summed E-state index contributed by atoms with van der Waals surface area (Å²) in [5, 5.41) is 14.2. The average Bonchev–Trinajstić information content (AvgIpc) is 3.53. The highest BCUT2D eigenvalue weighted by molar-refractivity contribution is 5.89. The molecule has 3 aromatic rings. The Kier molecular flexibility index (Phi) is 5.04. The van der Waals surface area contributed by atoms with E-state index in [-0.39, 0.29) is 23.0 Å². The normalized spacial score (nSPS) is 17.1. The third-order valence-electron chi connectivity index (χ3n) is 5.48. The van der Waals surface area contributed by atoms with Gasteiger partial charge in [0, 0.05) is 11.0 Å². The minimum Gasteiger partial charge on any atom is -0.504 e. The largest absolute Gasteiger partial charge is 0.504 e. The van der Waals surface area contributed by atoms with E-state index in [4.69, 9.17) is 4.74 Å². The van der Waals surface area contributed by atoms with Gasteiger partial charge in [0.05, 0.1) is 19.2 Å². The van der Waals surface area contributed by atoms with Gasteiger partial charge in [-0.3, -0.25) is 4.79 Å². The molecule has 4 rings (SSSR count). The van der Waals surface area contributed by atoms with E-state index >= 15 is 0 Å². The Morgan fingerprint density at radius 1 is 1.03 bits per heavy atom. The molecule has 0 bridgehead atoms. The summed E-state index contributed by atoms with van der Waals surface area (Å²) in [7, 11) is 1.48. The molecule has 5 heteroatoms. The summed E-state index contributed by atoms with van der Waals surface area (Å²) in [6.07, 6.45) is 2.15. The van der Waals surface area contributed by atoms with Crippen LogP contribution in [0.15, 0.2) is 84.0 Å². The minimum atomic E-state index is -0.333. The first kappa shape index (κ1) is 18.7. The quantitative estimate of drug-likeness (QED) is 0.499. The van der Waals surface area contributed by atoms with E-state index in [0.717, 1.165) is 17.5 Å². The number of nitrogens with one attached hydrogen (secondary N) is 1. The highest BCUT2D eigenvalue weighted by Gasteiger charge is 2.60. The molecule has 1 aliphatic carbocycles. The number of hydrogen-bond acceptors (Lipinski definition) is 4. The summed E-state index contributed by atoms with van der Waals surface area (Å²) >= 11 is 0. The first-order valence-corrected chi connectivity index (χ1v) is 9.47. The van der Waals surface area contributed by atoms with Gasteiger partial charge in [-0.2, -0.15) is 5.10 Å². The lowest BCUT2D eigenvalue weighted by Gasteiger charge is -2.18. The van der Waals surface area contributed by atoms with Crippen LogP contribution in [-0.2, 0) is 10.2 Å². The van der Waals surface area contributed by atoms with Crippen molar-refractivity contribution in [3.63, 3.8) is 0 Å². The number of ether oxygens (including phenoxy) is 1. The first-order chi connectivity index (χ1) is 14.2. The minimum absolute atomic E-state index is 0.0117. The van der Waals surface area contributed by atoms with Crippen molar-refractivity contribution in [2.24, 2.45) is 11.0 Å². The number of phenolic OH excluding ortho intramolecular Hbond substituents is 1. The second-order valence-electron chi connectivity index (χ2n) is 7.09. The van der Waals surface area contributed by atoms with Crippen LogP contribution < -0.4 is 10.2 Å². The van der Waals surface area contributed by atoms with Crippen LogP contribution in [0.2, 0.25) is 0 Å². The average molecular weight is 386 g/mol. The van der Waals surface area contributed by atoms with Gasteiger partial charge in [0.25, 0.3) is 0 Å². The number of hydrogen-bond donors (Lipinski definition) is 2. The molecule has 1 saturated carbocycles. The van der Waals surface area contributed by atoms with Gasteiger partial charge in [0.15, 0.2) is 11.5 Å². The van der Waals surface area contributed by atoms with Crippen LogP contribution in [0.4, 0.5) is 0 Å². The standard InChI is InChI=1S/C24H22N2O3/c1-29-21-14-8-9-17(22(21)27)16-25-26-23(28)20-15-24(20,18-10-4-2-5-11-18)19-12-6-3-7-13-19/h2-14,16,20,27H,15H2,1H3,(H,26,28). The zero-order valence-corrected chi connectivity index (χ0v) is 16.1. The van der Waals surface area contributed by atoms with Crippen molar-refractivity contribution in [3.8, 4) is 11.5 Å². The lowest BCUT2D eigenvalue weighted by atomic mass is 9.85. The number of carbonyl (C=O) groups is 1. The summed E-state index contributed by atoms with van der Waals surface area (Å²) in [6, 6.07) is 25.3. The predicted octanol–water partition coefficient (Wildman–Crippen LogP) is 3.86. The molecule has 0 radical (unpaired) electrons. The molecule has 0 aliphatic heterocycles. The highest BCUT2D eigenvalue weighted by atomic mass is 16.5. The van der Waals surface area contributed by atoms with Crippen molar-refractivity contribution in [1.82, 2.24) is 5.43 Å². The van der Waals surface area contributed by atoms with Crippen LogP contribution >= 0.6 is 0 Å². The monoisotopic (exact) mass is 386 g/mol. The molecular formula is C24H22N2O3. The molecule has 0 spiro atoms. The SMILES string of the molecule is COc1cccc(C=NNC(=O)C2CC2(c2ccccc2)c2ccccc2)c1O. The van der Waals surface area contributed by atoms with Crippen LogP contribution in [0.3, 0.4) is 0 Å². The lowest BCUT2D eigenvalue weighted by molar-refractivity contribution is -0.122. The smallest absolute Gasteiger partial charge is 0.244 e. The van der Waals surface area contributed by atoms with Gasteiger partial charge in [0.2, 0.25) is 5.91 Å². The number of benzene rings is 3. The molecule has 5 nitrogen and oxygen atoms in total. The van der Waals surface area contributed by atoms with E-state index < -0.39 is 0 Å². The number of nitrogens with zero attached hydrogens (tertiary/aromatic N) is 1. The Morgan fingerprint density at radius 3 is 2.24 bits per heavy atom. The molecule has 1 atom stereocenters. The van der Waals surface area contributed by atoms with Crippen LogP contribution in [0.5, 0.6) is 11.5 Å². The second kappa shape index (κ2) is 7.80. The fourth-order valence-electron chi connectivity index (χ4n) is 3.91. The van der Waals surface area contributed by atoms with Crippen LogP contribution in [0.25, 0.3) is 0 Å². The number of amides is 1. The number of para-hydroxylation sites is 1. The Labute approximate surface area is 169 Å². The fraction of sp³-hybridized carbons (Fsp3) is 0.167. The van der Waals surface area contributed by atoms with Gasteiger partial charge in [-0.15, -0.1) is 0 Å². The number of rotatable bonds is 6. The summed E-state index contributed by atoms with van der Waals surface area (Å²) < 4.78 is 5.09. The maximum absolute atomic E-state index is 12.9. The van der Waals surface area contributed by atoms with E-state index in [0.29, 0.717) is 11.3 Å². The maximum atomic E-state index is 12.9. The van der Waals surface area contributed by atoms with Crippen molar-refractivity contribution in [2.75, 3.05) is 7.11 Å². The Hall–Kier alpha value is -3.60. The fourth-order valence-corrected chi connectivity index (χ4v) is 3.91. The first-order valence-electron chi connectivity index (χ1n) is 9.47. The predicted molar refractivity (Wildman–Crippen MR) is 112 cm³/mol. The van der Waals surface area contributed by atoms with Crippen molar-refractivity contribution >= 4 is 12.1 Å². The summed E-state index contributed by atoms with van der Waals surface area (Å²) in [6.45, 7) is 0. The molecule has 2 N–H and O–H groups in total. The molecule has 1 amide bonds. The molecule has 29 heavy (non-hydrogen) atoms. The summed E-state index contributed by atoms with van der Waals surface area (Å²) in [5.41, 5.74) is 5.02. The van der Waals surface area contributed by atoms with Crippen LogP contribution in [-0.4, -0.2) is 24.3 Å². The molecule has 1 aliphatic rings. The van der Waals surface area contributed by atoms with Gasteiger partial charge >= 0.3 is 0 Å². The molecule has 1 fully saturated rings. The lowest BCUT2D eigenvalue weighted by Crippen LogP contribution is -2.25. The molecular weight excluding hydrogens is 364 g/mol. The van der Waals surface area contributed by atoms with Crippen LogP contribution in [0.1, 0.15) is 23.1 Å². The molecule has 146 valence electrons. The van der Waals surface area contributed by atoms with Gasteiger partial charge in [-0.05, 0) is 29.7 Å². The third kappa shape index (κ3) is 3.47. The van der Waals surface area contributed by atoms with Gasteiger partial charge in [-0.25, -0.2) is 5.43 Å². The van der Waals surface area contributed by atoms with Gasteiger partial charge in [-0.1, -0.05) is 66.7 Å². The van der Waals surface area contributed by atoms with Crippen molar-refractivity contribution < 1.29 is 14.6 Å². The summed E-state index contributed by atoms with van der Waals surface area (Å²) in [4.78, 5) is 12.9. The summed E-state index contributed by atoms with van der Waals surface area (Å²) in [5.74, 6) is -0.00308. The van der Waals surface area contributed by atoms with Crippen molar-refractivity contribution in [1.29, 1.82) is 0 Å². The zero-order chi connectivity index (χ0) is 20.3. The third-order valence-corrected chi connectivity index (χ3v) is 5.48. The molecule has 3 aromatic carbocycles. The van der Waals surface area contributed by atoms with E-state index in [1.165, 1.54) is 13.3 Å². The van der Waals surface area contributed by atoms with E-state index in [2.05, 4.69) is 34.8 Å². The van der Waals surface area contributed by atoms with E-state index in [1.54, 1.807) is 18.2 Å². The molecule has 0 aromatic heterocycles. The van der Waals surface area contributed by atoms with Crippen molar-refractivity contribution in [2.45, 2.75) is 11.8 Å².